The lowest BCUT2D eigenvalue weighted by Crippen LogP contribution is -2.50. The molecule has 0 bridgehead atoms. The van der Waals surface area contributed by atoms with Gasteiger partial charge >= 0.3 is 0 Å². The van der Waals surface area contributed by atoms with Gasteiger partial charge in [-0.05, 0) is 49.4 Å². The highest BCUT2D eigenvalue weighted by atomic mass is 32.2. The normalized spacial score (nSPS) is 14.8. The number of amides is 1. The molecular formula is C24H24N4O4S3. The highest BCUT2D eigenvalue weighted by molar-refractivity contribution is 7.89. The number of carbonyl (C=O) groups excluding carboxylic acids is 1. The molecule has 0 spiro atoms. The van der Waals surface area contributed by atoms with Crippen LogP contribution in [0.3, 0.4) is 0 Å². The molecule has 0 atom stereocenters. The van der Waals surface area contributed by atoms with Crippen molar-refractivity contribution < 1.29 is 17.9 Å². The van der Waals surface area contributed by atoms with Gasteiger partial charge in [0.15, 0.2) is 5.13 Å². The third-order valence-corrected chi connectivity index (χ3v) is 9.60. The van der Waals surface area contributed by atoms with Crippen molar-refractivity contribution in [3.63, 3.8) is 0 Å². The zero-order valence-electron chi connectivity index (χ0n) is 19.0. The molecule has 8 nitrogen and oxygen atoms in total. The molecule has 1 fully saturated rings. The first kappa shape index (κ1) is 23.7. The van der Waals surface area contributed by atoms with Crippen LogP contribution in [0, 0.1) is 0 Å². The number of carbonyl (C=O) groups is 1. The van der Waals surface area contributed by atoms with E-state index in [-0.39, 0.29) is 23.9 Å². The van der Waals surface area contributed by atoms with Crippen LogP contribution >= 0.6 is 22.7 Å². The van der Waals surface area contributed by atoms with Crippen LogP contribution in [0.2, 0.25) is 0 Å². The molecule has 3 heterocycles. The molecule has 11 heteroatoms. The Hall–Kier alpha value is -2.99. The zero-order valence-corrected chi connectivity index (χ0v) is 21.5. The van der Waals surface area contributed by atoms with Gasteiger partial charge in [-0.15, -0.1) is 11.3 Å². The van der Waals surface area contributed by atoms with Gasteiger partial charge in [0, 0.05) is 31.9 Å². The van der Waals surface area contributed by atoms with Crippen LogP contribution in [0.25, 0.3) is 9.53 Å². The van der Waals surface area contributed by atoms with Gasteiger partial charge in [-0.3, -0.25) is 4.79 Å². The van der Waals surface area contributed by atoms with Gasteiger partial charge in [-0.2, -0.15) is 4.31 Å². The van der Waals surface area contributed by atoms with Crippen molar-refractivity contribution >= 4 is 59.0 Å². The van der Waals surface area contributed by atoms with Crippen LogP contribution in [0.15, 0.2) is 65.6 Å². The average Bonchev–Trinajstić information content (AvgIpc) is 3.44. The van der Waals surface area contributed by atoms with Gasteiger partial charge in [0.25, 0.3) is 5.91 Å². The number of nitrogens with one attached hydrogen (secondary N) is 1. The second-order valence-corrected chi connectivity index (χ2v) is 11.9. The maximum absolute atomic E-state index is 13.1. The van der Waals surface area contributed by atoms with E-state index in [1.54, 1.807) is 29.2 Å². The summed E-state index contributed by atoms with van der Waals surface area (Å²) in [7, 11) is -3.62. The molecule has 4 aromatic rings. The van der Waals surface area contributed by atoms with E-state index in [4.69, 9.17) is 4.74 Å². The second-order valence-electron chi connectivity index (χ2n) is 7.89. The number of benzene rings is 2. The lowest BCUT2D eigenvalue weighted by atomic mass is 10.3. The van der Waals surface area contributed by atoms with E-state index in [0.717, 1.165) is 20.3 Å². The van der Waals surface area contributed by atoms with E-state index in [1.807, 2.05) is 43.3 Å². The molecule has 1 aliphatic rings. The minimum Gasteiger partial charge on any atom is -0.494 e. The van der Waals surface area contributed by atoms with E-state index in [2.05, 4.69) is 10.3 Å². The molecule has 0 saturated carbocycles. The zero-order chi connectivity index (χ0) is 24.4. The number of hydrogen-bond donors (Lipinski definition) is 1. The molecule has 1 amide bonds. The van der Waals surface area contributed by atoms with Crippen LogP contribution in [0.5, 0.6) is 5.75 Å². The monoisotopic (exact) mass is 528 g/mol. The smallest absolute Gasteiger partial charge is 0.264 e. The third kappa shape index (κ3) is 5.03. The molecule has 1 aliphatic heterocycles. The van der Waals surface area contributed by atoms with Crippen molar-refractivity contribution in [3.05, 3.63) is 65.5 Å². The molecule has 0 unspecified atom stereocenters. The van der Waals surface area contributed by atoms with Crippen LogP contribution in [-0.2, 0) is 10.0 Å². The predicted octanol–water partition coefficient (Wildman–Crippen LogP) is 4.65. The molecule has 182 valence electrons. The van der Waals surface area contributed by atoms with Gasteiger partial charge < -0.3 is 15.0 Å². The maximum Gasteiger partial charge on any atom is 0.264 e. The molecule has 2 aromatic carbocycles. The quantitative estimate of drug-likeness (QED) is 0.376. The van der Waals surface area contributed by atoms with Crippen LogP contribution < -0.4 is 10.1 Å². The van der Waals surface area contributed by atoms with Crippen molar-refractivity contribution in [2.75, 3.05) is 38.1 Å². The van der Waals surface area contributed by atoms with Gasteiger partial charge in [0.05, 0.1) is 21.1 Å². The van der Waals surface area contributed by atoms with Crippen molar-refractivity contribution in [1.82, 2.24) is 14.2 Å². The predicted molar refractivity (Wildman–Crippen MR) is 139 cm³/mol. The number of hydrogen-bond acceptors (Lipinski definition) is 8. The largest absolute Gasteiger partial charge is 0.494 e. The van der Waals surface area contributed by atoms with Gasteiger partial charge in [-0.1, -0.05) is 29.5 Å². The Morgan fingerprint density at radius 1 is 1.03 bits per heavy atom. The van der Waals surface area contributed by atoms with Crippen LogP contribution in [0.1, 0.15) is 16.6 Å². The van der Waals surface area contributed by atoms with E-state index in [9.17, 15) is 13.2 Å². The summed E-state index contributed by atoms with van der Waals surface area (Å²) in [6.07, 6.45) is 0. The number of ether oxygens (including phenoxy) is 1. The number of piperazine rings is 1. The number of fused-ring (bicyclic) bond motifs is 1. The van der Waals surface area contributed by atoms with Crippen molar-refractivity contribution in [2.24, 2.45) is 0 Å². The number of thiophene rings is 1. The summed E-state index contributed by atoms with van der Waals surface area (Å²) in [5.74, 6) is 0.547. The Kier molecular flexibility index (Phi) is 6.74. The first-order valence-electron chi connectivity index (χ1n) is 11.2. The Bertz CT molecular complexity index is 1390. The summed E-state index contributed by atoms with van der Waals surface area (Å²) in [5, 5.41) is 4.06. The SMILES string of the molecule is CCOc1ccc(S(=O)(=O)N2CCN(C(=O)c3cc4sc(Nc5ccccc5)nc4s3)CC2)cc1. The van der Waals surface area contributed by atoms with E-state index in [0.29, 0.717) is 30.3 Å². The minimum atomic E-state index is -3.62. The minimum absolute atomic E-state index is 0.0871. The molecule has 1 N–H and O–H groups in total. The van der Waals surface area contributed by atoms with Crippen molar-refractivity contribution in [1.29, 1.82) is 0 Å². The molecule has 5 rings (SSSR count). The first-order valence-corrected chi connectivity index (χ1v) is 14.3. The van der Waals surface area contributed by atoms with E-state index >= 15 is 0 Å². The summed E-state index contributed by atoms with van der Waals surface area (Å²) in [5.41, 5.74) is 0.961. The molecule has 0 radical (unpaired) electrons. The molecule has 0 aliphatic carbocycles. The summed E-state index contributed by atoms with van der Waals surface area (Å²) in [6, 6.07) is 18.1. The molecule has 2 aromatic heterocycles. The Balaban J connectivity index is 1.22. The van der Waals surface area contributed by atoms with Crippen LogP contribution in [-0.4, -0.2) is 61.3 Å². The van der Waals surface area contributed by atoms with Gasteiger partial charge in [0.2, 0.25) is 10.0 Å². The maximum atomic E-state index is 13.1. The topological polar surface area (TPSA) is 91.8 Å². The number of anilines is 2. The summed E-state index contributed by atoms with van der Waals surface area (Å²) in [6.45, 7) is 3.59. The van der Waals surface area contributed by atoms with Crippen molar-refractivity contribution in [3.8, 4) is 5.75 Å². The van der Waals surface area contributed by atoms with Gasteiger partial charge in [-0.25, -0.2) is 13.4 Å². The second kappa shape index (κ2) is 9.94. The fourth-order valence-corrected chi connectivity index (χ4v) is 7.38. The summed E-state index contributed by atoms with van der Waals surface area (Å²) in [4.78, 5) is 21.1. The lowest BCUT2D eigenvalue weighted by molar-refractivity contribution is 0.0703. The third-order valence-electron chi connectivity index (χ3n) is 5.62. The highest BCUT2D eigenvalue weighted by Crippen LogP contribution is 2.35. The van der Waals surface area contributed by atoms with E-state index in [1.165, 1.54) is 27.0 Å². The van der Waals surface area contributed by atoms with Crippen molar-refractivity contribution in [2.45, 2.75) is 11.8 Å². The fraction of sp³-hybridized carbons (Fsp3) is 0.250. The highest BCUT2D eigenvalue weighted by Gasteiger charge is 2.31. The van der Waals surface area contributed by atoms with Gasteiger partial charge in [0.1, 0.15) is 10.6 Å². The summed E-state index contributed by atoms with van der Waals surface area (Å²) < 4.78 is 33.8. The Labute approximate surface area is 211 Å². The molecule has 35 heavy (non-hydrogen) atoms. The Morgan fingerprint density at radius 2 is 1.74 bits per heavy atom. The number of thiazole rings is 1. The standard InChI is InChI=1S/C24H24N4O4S3/c1-2-32-18-8-10-19(11-9-18)35(30,31)28-14-12-27(13-15-28)23(29)21-16-20-22(33-21)26-24(34-20)25-17-6-4-3-5-7-17/h3-11,16H,2,12-15H2,1H3,(H,25,26). The molecule has 1 saturated heterocycles. The Morgan fingerprint density at radius 3 is 2.40 bits per heavy atom. The molecular weight excluding hydrogens is 504 g/mol. The number of aromatic nitrogens is 1. The number of sulfonamides is 1. The number of nitrogens with zero attached hydrogens (tertiary/aromatic N) is 3. The first-order chi connectivity index (χ1) is 16.9. The van der Waals surface area contributed by atoms with Crippen LogP contribution in [0.4, 0.5) is 10.8 Å². The average molecular weight is 529 g/mol. The van der Waals surface area contributed by atoms with E-state index < -0.39 is 10.0 Å². The number of rotatable bonds is 7. The number of para-hydroxylation sites is 1. The summed E-state index contributed by atoms with van der Waals surface area (Å²) >= 11 is 2.87. The lowest BCUT2D eigenvalue weighted by Gasteiger charge is -2.33. The fourth-order valence-electron chi connectivity index (χ4n) is 3.85.